The molecule has 0 aliphatic rings. The molecule has 1 N–H and O–H groups in total. The number of thiazole rings is 1. The van der Waals surface area contributed by atoms with Gasteiger partial charge in [-0.3, -0.25) is 0 Å². The minimum atomic E-state index is 0.614. The van der Waals surface area contributed by atoms with Crippen molar-refractivity contribution in [1.29, 1.82) is 0 Å². The van der Waals surface area contributed by atoms with Gasteiger partial charge in [0.15, 0.2) is 0 Å². The number of rotatable bonds is 6. The number of halogens is 1. The molecule has 0 saturated carbocycles. The number of nitrogens with zero attached hydrogens (tertiary/aromatic N) is 1. The number of hydrogen-bond acceptors (Lipinski definition) is 3. The average molecular weight is 233 g/mol. The van der Waals surface area contributed by atoms with Crippen molar-refractivity contribution < 1.29 is 0 Å². The Bertz CT molecular complexity index is 262. The Balaban J connectivity index is 2.31. The van der Waals surface area contributed by atoms with Gasteiger partial charge in [0.25, 0.3) is 0 Å². The summed E-state index contributed by atoms with van der Waals surface area (Å²) >= 11 is 7.35. The van der Waals surface area contributed by atoms with E-state index in [4.69, 9.17) is 11.6 Å². The van der Waals surface area contributed by atoms with Crippen LogP contribution in [0.25, 0.3) is 0 Å². The lowest BCUT2D eigenvalue weighted by Crippen LogP contribution is -2.27. The zero-order valence-corrected chi connectivity index (χ0v) is 10.3. The van der Waals surface area contributed by atoms with Crippen molar-refractivity contribution in [3.63, 3.8) is 0 Å². The molecule has 14 heavy (non-hydrogen) atoms. The van der Waals surface area contributed by atoms with Crippen LogP contribution in [0.1, 0.15) is 38.1 Å². The molecule has 0 amide bonds. The summed E-state index contributed by atoms with van der Waals surface area (Å²) in [5, 5.41) is 4.56. The average Bonchev–Trinajstić information content (AvgIpc) is 2.59. The summed E-state index contributed by atoms with van der Waals surface area (Å²) in [5.41, 5.74) is 0. The van der Waals surface area contributed by atoms with E-state index in [0.717, 1.165) is 15.9 Å². The van der Waals surface area contributed by atoms with Gasteiger partial charge >= 0.3 is 0 Å². The second-order valence-corrected chi connectivity index (χ2v) is 5.08. The second kappa shape index (κ2) is 6.38. The van der Waals surface area contributed by atoms with Crippen LogP contribution in [-0.4, -0.2) is 11.0 Å². The maximum Gasteiger partial charge on any atom is 0.113 e. The van der Waals surface area contributed by atoms with Crippen LogP contribution in [0.4, 0.5) is 0 Å². The molecule has 1 atom stereocenters. The number of nitrogens with one attached hydrogen (secondary N) is 1. The maximum atomic E-state index is 5.80. The van der Waals surface area contributed by atoms with E-state index in [0.29, 0.717) is 6.04 Å². The van der Waals surface area contributed by atoms with Crippen LogP contribution in [0.2, 0.25) is 4.34 Å². The summed E-state index contributed by atoms with van der Waals surface area (Å²) in [6.07, 6.45) is 5.34. The van der Waals surface area contributed by atoms with E-state index in [9.17, 15) is 0 Å². The summed E-state index contributed by atoms with van der Waals surface area (Å²) in [6, 6.07) is 0.614. The summed E-state index contributed by atoms with van der Waals surface area (Å²) in [4.78, 5) is 4.21. The predicted molar refractivity (Wildman–Crippen MR) is 63.0 cm³/mol. The summed E-state index contributed by atoms with van der Waals surface area (Å²) in [6.45, 7) is 5.27. The van der Waals surface area contributed by atoms with E-state index in [2.05, 4.69) is 24.1 Å². The first-order valence-corrected chi connectivity index (χ1v) is 6.29. The molecule has 80 valence electrons. The number of aromatic nitrogens is 1. The van der Waals surface area contributed by atoms with Gasteiger partial charge in [-0.05, 0) is 12.8 Å². The highest BCUT2D eigenvalue weighted by atomic mass is 35.5. The molecule has 0 bridgehead atoms. The highest BCUT2D eigenvalue weighted by Gasteiger charge is 2.05. The van der Waals surface area contributed by atoms with Gasteiger partial charge in [-0.2, -0.15) is 0 Å². The topological polar surface area (TPSA) is 24.9 Å². The molecule has 0 radical (unpaired) electrons. The molecule has 2 nitrogen and oxygen atoms in total. The molecular formula is C10H17ClN2S. The van der Waals surface area contributed by atoms with Crippen LogP contribution in [0.15, 0.2) is 6.20 Å². The van der Waals surface area contributed by atoms with Crippen molar-refractivity contribution in [3.8, 4) is 0 Å². The molecular weight excluding hydrogens is 216 g/mol. The molecule has 0 aliphatic carbocycles. The van der Waals surface area contributed by atoms with Gasteiger partial charge < -0.3 is 5.32 Å². The van der Waals surface area contributed by atoms with Crippen LogP contribution in [0, 0.1) is 0 Å². The molecule has 4 heteroatoms. The molecule has 1 aromatic heterocycles. The quantitative estimate of drug-likeness (QED) is 0.813. The van der Waals surface area contributed by atoms with E-state index in [1.807, 2.05) is 0 Å². The summed E-state index contributed by atoms with van der Waals surface area (Å²) < 4.78 is 0.769. The number of hydrogen-bond donors (Lipinski definition) is 1. The van der Waals surface area contributed by atoms with E-state index in [1.54, 1.807) is 17.5 Å². The highest BCUT2D eigenvalue weighted by Crippen LogP contribution is 2.18. The van der Waals surface area contributed by atoms with Crippen LogP contribution < -0.4 is 5.32 Å². The van der Waals surface area contributed by atoms with Crippen molar-refractivity contribution in [2.45, 2.75) is 45.7 Å². The van der Waals surface area contributed by atoms with E-state index < -0.39 is 0 Å². The molecule has 0 spiro atoms. The Morgan fingerprint density at radius 3 is 2.86 bits per heavy atom. The van der Waals surface area contributed by atoms with E-state index in [1.165, 1.54) is 19.3 Å². The Labute approximate surface area is 94.7 Å². The third kappa shape index (κ3) is 3.95. The van der Waals surface area contributed by atoms with Gasteiger partial charge in [0.1, 0.15) is 9.34 Å². The van der Waals surface area contributed by atoms with Gasteiger partial charge in [-0.1, -0.05) is 31.9 Å². The molecule has 0 aromatic carbocycles. The van der Waals surface area contributed by atoms with Gasteiger partial charge in [0, 0.05) is 12.6 Å². The molecule has 1 rings (SSSR count). The van der Waals surface area contributed by atoms with Crippen LogP contribution >= 0.6 is 22.9 Å². The van der Waals surface area contributed by atoms with Crippen molar-refractivity contribution in [3.05, 3.63) is 15.5 Å². The highest BCUT2D eigenvalue weighted by molar-refractivity contribution is 7.15. The zero-order valence-electron chi connectivity index (χ0n) is 8.72. The fourth-order valence-electron chi connectivity index (χ4n) is 1.40. The SMILES string of the molecule is CCCC(CC)NCc1ncc(Cl)s1. The predicted octanol–water partition coefficient (Wildman–Crippen LogP) is 3.46. The third-order valence-corrected chi connectivity index (χ3v) is 3.31. The first kappa shape index (κ1) is 12.0. The molecule has 0 aliphatic heterocycles. The first-order valence-electron chi connectivity index (χ1n) is 5.09. The molecule has 0 fully saturated rings. The zero-order chi connectivity index (χ0) is 10.4. The van der Waals surface area contributed by atoms with Gasteiger partial charge in [0.05, 0.1) is 6.20 Å². The Morgan fingerprint density at radius 1 is 1.57 bits per heavy atom. The standard InChI is InChI=1S/C10H17ClN2S/c1-3-5-8(4-2)12-7-10-13-6-9(11)14-10/h6,8,12H,3-5,7H2,1-2H3. The largest absolute Gasteiger partial charge is 0.308 e. The van der Waals surface area contributed by atoms with Crippen LogP contribution in [0.3, 0.4) is 0 Å². The van der Waals surface area contributed by atoms with Gasteiger partial charge in [0.2, 0.25) is 0 Å². The smallest absolute Gasteiger partial charge is 0.113 e. The van der Waals surface area contributed by atoms with Crippen molar-refractivity contribution >= 4 is 22.9 Å². The molecule has 1 heterocycles. The van der Waals surface area contributed by atoms with Crippen LogP contribution in [0.5, 0.6) is 0 Å². The fourth-order valence-corrected chi connectivity index (χ4v) is 2.31. The maximum absolute atomic E-state index is 5.80. The minimum Gasteiger partial charge on any atom is -0.308 e. The van der Waals surface area contributed by atoms with Gasteiger partial charge in [-0.15, -0.1) is 11.3 Å². The lowest BCUT2D eigenvalue weighted by atomic mass is 10.1. The summed E-state index contributed by atoms with van der Waals surface area (Å²) in [5.74, 6) is 0. The third-order valence-electron chi connectivity index (χ3n) is 2.20. The monoisotopic (exact) mass is 232 g/mol. The van der Waals surface area contributed by atoms with Crippen molar-refractivity contribution in [2.24, 2.45) is 0 Å². The molecule has 1 unspecified atom stereocenters. The first-order chi connectivity index (χ1) is 6.76. The normalized spacial score (nSPS) is 13.1. The van der Waals surface area contributed by atoms with Crippen molar-refractivity contribution in [1.82, 2.24) is 10.3 Å². The van der Waals surface area contributed by atoms with Crippen molar-refractivity contribution in [2.75, 3.05) is 0 Å². The van der Waals surface area contributed by atoms with Gasteiger partial charge in [-0.25, -0.2) is 4.98 Å². The van der Waals surface area contributed by atoms with Crippen LogP contribution in [-0.2, 0) is 6.54 Å². The molecule has 1 aromatic rings. The second-order valence-electron chi connectivity index (χ2n) is 3.33. The fraction of sp³-hybridized carbons (Fsp3) is 0.700. The molecule has 0 saturated heterocycles. The van der Waals surface area contributed by atoms with E-state index in [-0.39, 0.29) is 0 Å². The lowest BCUT2D eigenvalue weighted by Gasteiger charge is -2.14. The minimum absolute atomic E-state index is 0.614. The van der Waals surface area contributed by atoms with E-state index >= 15 is 0 Å². The Kier molecular flexibility index (Phi) is 5.45. The Morgan fingerprint density at radius 2 is 2.36 bits per heavy atom. The summed E-state index contributed by atoms with van der Waals surface area (Å²) in [7, 11) is 0. The Hall–Kier alpha value is -0.120. The lowest BCUT2D eigenvalue weighted by molar-refractivity contribution is 0.462.